The molecule has 0 radical (unpaired) electrons. The van der Waals surface area contributed by atoms with Gasteiger partial charge in [-0.2, -0.15) is 0 Å². The first-order valence-corrected chi connectivity index (χ1v) is 6.29. The summed E-state index contributed by atoms with van der Waals surface area (Å²) in [6.45, 7) is 0. The third-order valence-electron chi connectivity index (χ3n) is 2.66. The molecular weight excluding hydrogens is 310 g/mol. The van der Waals surface area contributed by atoms with Crippen molar-refractivity contribution in [3.63, 3.8) is 0 Å². The number of rotatable bonds is 2. The van der Waals surface area contributed by atoms with Crippen LogP contribution >= 0.6 is 15.9 Å². The van der Waals surface area contributed by atoms with E-state index in [1.807, 2.05) is 24.3 Å². The lowest BCUT2D eigenvalue weighted by molar-refractivity contribution is 0.0687. The first-order chi connectivity index (χ1) is 9.15. The fourth-order valence-corrected chi connectivity index (χ4v) is 2.22. The Kier molecular flexibility index (Phi) is 2.79. The quantitative estimate of drug-likeness (QED) is 0.789. The van der Waals surface area contributed by atoms with Gasteiger partial charge in [-0.15, -0.1) is 5.10 Å². The minimum Gasteiger partial charge on any atom is -0.477 e. The predicted molar refractivity (Wildman–Crippen MR) is 73.1 cm³/mol. The third kappa shape index (κ3) is 2.10. The van der Waals surface area contributed by atoms with Gasteiger partial charge < -0.3 is 5.11 Å². The van der Waals surface area contributed by atoms with Crippen LogP contribution in [0.4, 0.5) is 0 Å². The Bertz CT molecular complexity index is 782. The van der Waals surface area contributed by atoms with Crippen LogP contribution in [-0.4, -0.2) is 25.7 Å². The molecule has 94 valence electrons. The number of benzene rings is 1. The van der Waals surface area contributed by atoms with Crippen LogP contribution in [0.2, 0.25) is 0 Å². The SMILES string of the molecule is O=C(O)c1cccc2nc(-c3cccc(Br)c3)nn12. The molecule has 0 saturated heterocycles. The zero-order valence-electron chi connectivity index (χ0n) is 9.62. The fourth-order valence-electron chi connectivity index (χ4n) is 1.82. The van der Waals surface area contributed by atoms with Crippen molar-refractivity contribution in [3.8, 4) is 11.4 Å². The second kappa shape index (κ2) is 4.47. The van der Waals surface area contributed by atoms with E-state index in [4.69, 9.17) is 5.11 Å². The van der Waals surface area contributed by atoms with Gasteiger partial charge >= 0.3 is 5.97 Å². The molecule has 2 heterocycles. The van der Waals surface area contributed by atoms with Crippen LogP contribution in [0.25, 0.3) is 17.0 Å². The lowest BCUT2D eigenvalue weighted by atomic mass is 10.2. The van der Waals surface area contributed by atoms with Gasteiger partial charge in [0.2, 0.25) is 0 Å². The Morgan fingerprint density at radius 2 is 2.00 bits per heavy atom. The van der Waals surface area contributed by atoms with Gasteiger partial charge in [0.1, 0.15) is 0 Å². The summed E-state index contributed by atoms with van der Waals surface area (Å²) in [6.07, 6.45) is 0. The first-order valence-electron chi connectivity index (χ1n) is 5.50. The highest BCUT2D eigenvalue weighted by Gasteiger charge is 2.12. The van der Waals surface area contributed by atoms with E-state index in [1.54, 1.807) is 12.1 Å². The monoisotopic (exact) mass is 317 g/mol. The van der Waals surface area contributed by atoms with E-state index < -0.39 is 5.97 Å². The number of aromatic nitrogens is 3. The second-order valence-corrected chi connectivity index (χ2v) is 4.85. The number of carboxylic acid groups (broad SMARTS) is 1. The Morgan fingerprint density at radius 3 is 2.74 bits per heavy atom. The lowest BCUT2D eigenvalue weighted by Gasteiger charge is -1.96. The molecule has 1 N–H and O–H groups in total. The summed E-state index contributed by atoms with van der Waals surface area (Å²) in [7, 11) is 0. The highest BCUT2D eigenvalue weighted by atomic mass is 79.9. The molecule has 0 aliphatic rings. The van der Waals surface area contributed by atoms with Gasteiger partial charge in [-0.05, 0) is 24.3 Å². The maximum Gasteiger partial charge on any atom is 0.354 e. The smallest absolute Gasteiger partial charge is 0.354 e. The molecule has 5 nitrogen and oxygen atoms in total. The van der Waals surface area contributed by atoms with E-state index in [1.165, 1.54) is 10.6 Å². The molecule has 3 rings (SSSR count). The van der Waals surface area contributed by atoms with Gasteiger partial charge in [0.15, 0.2) is 17.2 Å². The van der Waals surface area contributed by atoms with E-state index in [0.717, 1.165) is 10.0 Å². The molecule has 0 saturated carbocycles. The molecule has 0 spiro atoms. The van der Waals surface area contributed by atoms with Gasteiger partial charge in [0, 0.05) is 10.0 Å². The van der Waals surface area contributed by atoms with Crippen molar-refractivity contribution in [2.75, 3.05) is 0 Å². The van der Waals surface area contributed by atoms with Crippen molar-refractivity contribution in [2.45, 2.75) is 0 Å². The van der Waals surface area contributed by atoms with Crippen molar-refractivity contribution in [3.05, 3.63) is 52.6 Å². The minimum atomic E-state index is -1.03. The van der Waals surface area contributed by atoms with E-state index in [2.05, 4.69) is 26.0 Å². The number of hydrogen-bond donors (Lipinski definition) is 1. The third-order valence-corrected chi connectivity index (χ3v) is 3.15. The number of hydrogen-bond acceptors (Lipinski definition) is 3. The van der Waals surface area contributed by atoms with Gasteiger partial charge in [0.05, 0.1) is 0 Å². The minimum absolute atomic E-state index is 0.0891. The maximum atomic E-state index is 11.1. The molecule has 19 heavy (non-hydrogen) atoms. The van der Waals surface area contributed by atoms with Crippen LogP contribution in [-0.2, 0) is 0 Å². The molecular formula is C13H8BrN3O2. The van der Waals surface area contributed by atoms with E-state index in [9.17, 15) is 4.79 Å². The lowest BCUT2D eigenvalue weighted by Crippen LogP contribution is -2.05. The average Bonchev–Trinajstić information content (AvgIpc) is 2.82. The number of carbonyl (C=O) groups is 1. The summed E-state index contributed by atoms with van der Waals surface area (Å²) < 4.78 is 2.25. The fraction of sp³-hybridized carbons (Fsp3) is 0. The predicted octanol–water partition coefficient (Wildman–Crippen LogP) is 2.86. The Morgan fingerprint density at radius 1 is 1.21 bits per heavy atom. The molecule has 0 unspecified atom stereocenters. The van der Waals surface area contributed by atoms with Crippen molar-refractivity contribution < 1.29 is 9.90 Å². The first kappa shape index (κ1) is 11.9. The van der Waals surface area contributed by atoms with Crippen LogP contribution in [0, 0.1) is 0 Å². The molecule has 0 fully saturated rings. The molecule has 1 aromatic carbocycles. The van der Waals surface area contributed by atoms with Gasteiger partial charge in [-0.3, -0.25) is 0 Å². The Balaban J connectivity index is 2.22. The van der Waals surface area contributed by atoms with Crippen LogP contribution in [0.5, 0.6) is 0 Å². The Labute approximate surface area is 116 Å². The van der Waals surface area contributed by atoms with E-state index in [-0.39, 0.29) is 5.69 Å². The maximum absolute atomic E-state index is 11.1. The van der Waals surface area contributed by atoms with Gasteiger partial charge in [0.25, 0.3) is 0 Å². The number of fused-ring (bicyclic) bond motifs is 1. The van der Waals surface area contributed by atoms with Crippen molar-refractivity contribution >= 4 is 27.5 Å². The number of pyridine rings is 1. The number of halogens is 1. The largest absolute Gasteiger partial charge is 0.477 e. The van der Waals surface area contributed by atoms with E-state index in [0.29, 0.717) is 11.5 Å². The topological polar surface area (TPSA) is 67.5 Å². The highest BCUT2D eigenvalue weighted by Crippen LogP contribution is 2.21. The van der Waals surface area contributed by atoms with Gasteiger partial charge in [-0.1, -0.05) is 34.1 Å². The summed E-state index contributed by atoms with van der Waals surface area (Å²) in [4.78, 5) is 15.5. The summed E-state index contributed by atoms with van der Waals surface area (Å²) in [5, 5.41) is 13.4. The standard InChI is InChI=1S/C13H8BrN3O2/c14-9-4-1-3-8(7-9)12-15-11-6-2-5-10(13(18)19)17(11)16-12/h1-7H,(H,18,19). The average molecular weight is 318 g/mol. The summed E-state index contributed by atoms with van der Waals surface area (Å²) in [5.41, 5.74) is 1.43. The number of carboxylic acids is 1. The normalized spacial score (nSPS) is 10.8. The molecule has 3 aromatic rings. The van der Waals surface area contributed by atoms with Crippen LogP contribution in [0.3, 0.4) is 0 Å². The summed E-state index contributed by atoms with van der Waals surface area (Å²) in [6, 6.07) is 12.4. The van der Waals surface area contributed by atoms with Crippen molar-refractivity contribution in [1.29, 1.82) is 0 Å². The summed E-state index contributed by atoms with van der Waals surface area (Å²) in [5.74, 6) is -0.536. The van der Waals surface area contributed by atoms with Crippen molar-refractivity contribution in [2.24, 2.45) is 0 Å². The van der Waals surface area contributed by atoms with Crippen molar-refractivity contribution in [1.82, 2.24) is 14.6 Å². The second-order valence-electron chi connectivity index (χ2n) is 3.93. The molecule has 6 heteroatoms. The molecule has 2 aromatic heterocycles. The van der Waals surface area contributed by atoms with Crippen LogP contribution in [0.1, 0.15) is 10.5 Å². The molecule has 0 aliphatic carbocycles. The molecule has 0 bridgehead atoms. The number of nitrogens with zero attached hydrogens (tertiary/aromatic N) is 3. The highest BCUT2D eigenvalue weighted by molar-refractivity contribution is 9.10. The van der Waals surface area contributed by atoms with Gasteiger partial charge in [-0.25, -0.2) is 14.3 Å². The zero-order chi connectivity index (χ0) is 13.4. The molecule has 0 aliphatic heterocycles. The Hall–Kier alpha value is -2.21. The van der Waals surface area contributed by atoms with Crippen LogP contribution in [0.15, 0.2) is 46.9 Å². The van der Waals surface area contributed by atoms with Crippen LogP contribution < -0.4 is 0 Å². The number of aromatic carboxylic acids is 1. The van der Waals surface area contributed by atoms with E-state index >= 15 is 0 Å². The molecule has 0 atom stereocenters. The zero-order valence-corrected chi connectivity index (χ0v) is 11.2. The molecule has 0 amide bonds. The summed E-state index contributed by atoms with van der Waals surface area (Å²) >= 11 is 3.38.